The number of amidine groups is 1. The van der Waals surface area contributed by atoms with Gasteiger partial charge in [-0.2, -0.15) is 0 Å². The molecule has 48 valence electrons. The van der Waals surface area contributed by atoms with Gasteiger partial charge in [0.1, 0.15) is 0 Å². The Morgan fingerprint density at radius 2 is 1.88 bits per heavy atom. The van der Waals surface area contributed by atoms with Crippen molar-refractivity contribution in [3.05, 3.63) is 0 Å². The zero-order valence-corrected chi connectivity index (χ0v) is 6.34. The lowest BCUT2D eigenvalue weighted by atomic mass is 10.1. The van der Waals surface area contributed by atoms with Crippen molar-refractivity contribution in [2.45, 2.75) is 26.3 Å². The molecular formula is C5H12N2S. The molecule has 0 saturated carbocycles. The summed E-state index contributed by atoms with van der Waals surface area (Å²) in [5, 5.41) is 9.95. The van der Waals surface area contributed by atoms with Crippen LogP contribution in [0.5, 0.6) is 0 Å². The summed E-state index contributed by atoms with van der Waals surface area (Å²) < 4.78 is 0. The Balaban J connectivity index is 3.55. The molecule has 0 aliphatic carbocycles. The molecule has 0 amide bonds. The van der Waals surface area contributed by atoms with Crippen molar-refractivity contribution in [3.63, 3.8) is 0 Å². The van der Waals surface area contributed by atoms with E-state index in [1.807, 2.05) is 20.8 Å². The predicted octanol–water partition coefficient (Wildman–Crippen LogP) is 1.24. The number of hydrogen-bond donors (Lipinski definition) is 3. The quantitative estimate of drug-likeness (QED) is 0.259. The summed E-state index contributed by atoms with van der Waals surface area (Å²) in [5.41, 5.74) is -0.0289. The fourth-order valence-corrected chi connectivity index (χ4v) is 0.691. The first-order valence-corrected chi connectivity index (χ1v) is 2.92. The first-order valence-electron chi connectivity index (χ1n) is 2.47. The minimum atomic E-state index is -0.0289. The van der Waals surface area contributed by atoms with Crippen LogP contribution in [0.25, 0.3) is 0 Å². The topological polar surface area (TPSA) is 35.9 Å². The zero-order valence-electron chi connectivity index (χ0n) is 5.45. The van der Waals surface area contributed by atoms with Gasteiger partial charge in [0.25, 0.3) is 0 Å². The average Bonchev–Trinajstić information content (AvgIpc) is 1.21. The standard InChI is InChI=1S/C5H12N2S/c1-5(2,3)7-4(6)8/h1-3H3,(H3,6,7,8). The first kappa shape index (κ1) is 7.82. The molecule has 0 aromatic heterocycles. The van der Waals surface area contributed by atoms with Gasteiger partial charge >= 0.3 is 0 Å². The molecule has 0 fully saturated rings. The minimum absolute atomic E-state index is 0.0289. The van der Waals surface area contributed by atoms with Gasteiger partial charge in [-0.1, -0.05) is 0 Å². The fourth-order valence-electron chi connectivity index (χ4n) is 0.355. The third-order valence-electron chi connectivity index (χ3n) is 0.493. The minimum Gasteiger partial charge on any atom is -0.361 e. The molecule has 0 bridgehead atoms. The van der Waals surface area contributed by atoms with Crippen LogP contribution in [0.1, 0.15) is 20.8 Å². The van der Waals surface area contributed by atoms with Gasteiger partial charge in [0.05, 0.1) is 0 Å². The molecule has 2 nitrogen and oxygen atoms in total. The third-order valence-corrected chi connectivity index (χ3v) is 0.605. The van der Waals surface area contributed by atoms with E-state index in [0.717, 1.165) is 0 Å². The number of thiol groups is 1. The Bertz CT molecular complexity index is 93.1. The van der Waals surface area contributed by atoms with Gasteiger partial charge in [0.15, 0.2) is 5.17 Å². The number of rotatable bonds is 0. The van der Waals surface area contributed by atoms with Crippen molar-refractivity contribution in [2.75, 3.05) is 0 Å². The van der Waals surface area contributed by atoms with Crippen molar-refractivity contribution in [2.24, 2.45) is 0 Å². The maximum absolute atomic E-state index is 6.90. The highest BCUT2D eigenvalue weighted by atomic mass is 32.1. The van der Waals surface area contributed by atoms with Crippen LogP contribution in [0.4, 0.5) is 0 Å². The summed E-state index contributed by atoms with van der Waals surface area (Å²) in [7, 11) is 0. The summed E-state index contributed by atoms with van der Waals surface area (Å²) >= 11 is 3.76. The van der Waals surface area contributed by atoms with Crippen LogP contribution in [0.3, 0.4) is 0 Å². The van der Waals surface area contributed by atoms with Gasteiger partial charge in [-0.3, -0.25) is 5.41 Å². The molecule has 0 aliphatic rings. The second kappa shape index (κ2) is 2.40. The van der Waals surface area contributed by atoms with Crippen LogP contribution in [-0.2, 0) is 0 Å². The number of hydrogen-bond acceptors (Lipinski definition) is 1. The molecule has 0 heterocycles. The van der Waals surface area contributed by atoms with Crippen molar-refractivity contribution >= 4 is 17.8 Å². The van der Waals surface area contributed by atoms with Gasteiger partial charge in [-0.25, -0.2) is 0 Å². The lowest BCUT2D eigenvalue weighted by molar-refractivity contribution is 0.515. The highest BCUT2D eigenvalue weighted by Gasteiger charge is 2.07. The van der Waals surface area contributed by atoms with E-state index in [0.29, 0.717) is 0 Å². The van der Waals surface area contributed by atoms with Crippen molar-refractivity contribution in [1.29, 1.82) is 5.41 Å². The number of nitrogens with one attached hydrogen (secondary N) is 2. The van der Waals surface area contributed by atoms with Crippen LogP contribution >= 0.6 is 12.6 Å². The van der Waals surface area contributed by atoms with Crippen LogP contribution in [0, 0.1) is 5.41 Å². The maximum atomic E-state index is 6.90. The summed E-state index contributed by atoms with van der Waals surface area (Å²) in [5.74, 6) is 0. The van der Waals surface area contributed by atoms with Crippen LogP contribution in [0.15, 0.2) is 0 Å². The van der Waals surface area contributed by atoms with Gasteiger partial charge < -0.3 is 5.32 Å². The van der Waals surface area contributed by atoms with Gasteiger partial charge in [-0.05, 0) is 20.8 Å². The highest BCUT2D eigenvalue weighted by Crippen LogP contribution is 1.98. The van der Waals surface area contributed by atoms with Crippen LogP contribution < -0.4 is 5.32 Å². The zero-order chi connectivity index (χ0) is 6.78. The average molecular weight is 132 g/mol. The summed E-state index contributed by atoms with van der Waals surface area (Å²) in [6, 6.07) is 0. The second-order valence-corrected chi connectivity index (χ2v) is 3.17. The third kappa shape index (κ3) is 5.82. The molecule has 0 aliphatic heterocycles. The maximum Gasteiger partial charge on any atom is 0.150 e. The lowest BCUT2D eigenvalue weighted by Gasteiger charge is -2.19. The molecule has 0 aromatic carbocycles. The molecule has 2 N–H and O–H groups in total. The van der Waals surface area contributed by atoms with E-state index >= 15 is 0 Å². The SMILES string of the molecule is CC(C)(C)NC(=N)S. The molecule has 0 rings (SSSR count). The first-order chi connectivity index (χ1) is 3.42. The van der Waals surface area contributed by atoms with E-state index in [9.17, 15) is 0 Å². The van der Waals surface area contributed by atoms with Crippen LogP contribution in [-0.4, -0.2) is 10.7 Å². The Labute approximate surface area is 55.6 Å². The van der Waals surface area contributed by atoms with Gasteiger partial charge in [0, 0.05) is 5.54 Å². The summed E-state index contributed by atoms with van der Waals surface area (Å²) in [4.78, 5) is 0. The van der Waals surface area contributed by atoms with Crippen LogP contribution in [0.2, 0.25) is 0 Å². The molecule has 0 radical (unpaired) electrons. The van der Waals surface area contributed by atoms with Crippen molar-refractivity contribution in [1.82, 2.24) is 5.32 Å². The molecule has 3 heteroatoms. The molecule has 8 heavy (non-hydrogen) atoms. The van der Waals surface area contributed by atoms with E-state index in [4.69, 9.17) is 5.41 Å². The van der Waals surface area contributed by atoms with Crippen molar-refractivity contribution < 1.29 is 0 Å². The van der Waals surface area contributed by atoms with E-state index < -0.39 is 0 Å². The van der Waals surface area contributed by atoms with Crippen molar-refractivity contribution in [3.8, 4) is 0 Å². The molecule has 0 aromatic rings. The summed E-state index contributed by atoms with van der Waals surface area (Å²) in [6.45, 7) is 5.95. The van der Waals surface area contributed by atoms with Gasteiger partial charge in [-0.15, -0.1) is 12.6 Å². The second-order valence-electron chi connectivity index (χ2n) is 2.72. The van der Waals surface area contributed by atoms with E-state index in [1.54, 1.807) is 0 Å². The Kier molecular flexibility index (Phi) is 2.34. The van der Waals surface area contributed by atoms with E-state index in [2.05, 4.69) is 17.9 Å². The van der Waals surface area contributed by atoms with Gasteiger partial charge in [0.2, 0.25) is 0 Å². The molecule has 0 atom stereocenters. The Morgan fingerprint density at radius 1 is 1.50 bits per heavy atom. The smallest absolute Gasteiger partial charge is 0.150 e. The van der Waals surface area contributed by atoms with E-state index in [-0.39, 0.29) is 10.7 Å². The predicted molar refractivity (Wildman–Crippen MR) is 39.6 cm³/mol. The van der Waals surface area contributed by atoms with E-state index in [1.165, 1.54) is 0 Å². The molecular weight excluding hydrogens is 120 g/mol. The molecule has 0 saturated heterocycles. The Hall–Kier alpha value is -0.180. The lowest BCUT2D eigenvalue weighted by Crippen LogP contribution is -2.37. The fraction of sp³-hybridized carbons (Fsp3) is 0.800. The molecule has 0 spiro atoms. The largest absolute Gasteiger partial charge is 0.361 e. The summed E-state index contributed by atoms with van der Waals surface area (Å²) in [6.07, 6.45) is 0. The normalized spacial score (nSPS) is 11.0. The highest BCUT2D eigenvalue weighted by molar-refractivity contribution is 7.96. The Morgan fingerprint density at radius 3 is 1.88 bits per heavy atom. The monoisotopic (exact) mass is 132 g/mol. The molecule has 0 unspecified atom stereocenters.